The summed E-state index contributed by atoms with van der Waals surface area (Å²) in [5, 5.41) is 2.91. The smallest absolute Gasteiger partial charge is 0.220 e. The molecule has 0 saturated heterocycles. The minimum absolute atomic E-state index is 0.0510. The van der Waals surface area contributed by atoms with Crippen molar-refractivity contribution in [1.82, 2.24) is 10.3 Å². The molecule has 1 heterocycles. The number of aromatic nitrogens is 1. The Balaban J connectivity index is 1.79. The van der Waals surface area contributed by atoms with Gasteiger partial charge in [-0.2, -0.15) is 0 Å². The van der Waals surface area contributed by atoms with Crippen LogP contribution < -0.4 is 5.32 Å². The summed E-state index contributed by atoms with van der Waals surface area (Å²) >= 11 is 0. The fourth-order valence-electron chi connectivity index (χ4n) is 1.97. The van der Waals surface area contributed by atoms with Crippen molar-refractivity contribution >= 4 is 5.91 Å². The number of nitrogens with zero attached hydrogens (tertiary/aromatic N) is 1. The van der Waals surface area contributed by atoms with E-state index in [-0.39, 0.29) is 5.91 Å². The Kier molecular flexibility index (Phi) is 5.55. The van der Waals surface area contributed by atoms with Gasteiger partial charge in [0, 0.05) is 24.9 Å². The Morgan fingerprint density at radius 2 is 2.05 bits per heavy atom. The maximum atomic E-state index is 11.7. The summed E-state index contributed by atoms with van der Waals surface area (Å²) in [4.78, 5) is 15.9. The van der Waals surface area contributed by atoms with Crippen molar-refractivity contribution in [3.8, 4) is 11.3 Å². The largest absolute Gasteiger partial charge is 0.441 e. The van der Waals surface area contributed by atoms with Gasteiger partial charge in [0.05, 0.1) is 6.20 Å². The van der Waals surface area contributed by atoms with Gasteiger partial charge in [-0.25, -0.2) is 4.98 Å². The highest BCUT2D eigenvalue weighted by Crippen LogP contribution is 2.20. The van der Waals surface area contributed by atoms with E-state index in [4.69, 9.17) is 4.42 Å². The zero-order valence-electron chi connectivity index (χ0n) is 12.6. The van der Waals surface area contributed by atoms with Gasteiger partial charge in [-0.3, -0.25) is 4.79 Å². The molecule has 0 radical (unpaired) electrons. The normalized spacial score (nSPS) is 10.8. The first-order valence-electron chi connectivity index (χ1n) is 7.42. The van der Waals surface area contributed by atoms with Crippen molar-refractivity contribution in [2.75, 3.05) is 6.54 Å². The zero-order valence-corrected chi connectivity index (χ0v) is 12.6. The van der Waals surface area contributed by atoms with Crippen LogP contribution in [-0.4, -0.2) is 17.4 Å². The van der Waals surface area contributed by atoms with E-state index in [0.29, 0.717) is 24.7 Å². The van der Waals surface area contributed by atoms with E-state index in [1.807, 2.05) is 30.3 Å². The number of amides is 1. The molecule has 1 aromatic heterocycles. The average Bonchev–Trinajstić information content (AvgIpc) is 2.94. The minimum atomic E-state index is 0.0510. The van der Waals surface area contributed by atoms with Crippen molar-refractivity contribution in [2.45, 2.75) is 33.1 Å². The molecule has 112 valence electrons. The molecule has 1 aromatic carbocycles. The molecule has 0 aliphatic carbocycles. The molecule has 4 nitrogen and oxygen atoms in total. The van der Waals surface area contributed by atoms with Crippen LogP contribution in [0.1, 0.15) is 32.6 Å². The summed E-state index contributed by atoms with van der Waals surface area (Å²) < 4.78 is 5.67. The van der Waals surface area contributed by atoms with Crippen molar-refractivity contribution in [3.05, 3.63) is 42.4 Å². The maximum Gasteiger partial charge on any atom is 0.220 e. The Labute approximate surface area is 125 Å². The number of oxazole rings is 1. The van der Waals surface area contributed by atoms with E-state index in [2.05, 4.69) is 24.1 Å². The number of carbonyl (C=O) groups excluding carboxylic acids is 1. The number of hydrogen-bond donors (Lipinski definition) is 1. The molecule has 1 amide bonds. The Morgan fingerprint density at radius 1 is 1.29 bits per heavy atom. The van der Waals surface area contributed by atoms with Crippen LogP contribution in [-0.2, 0) is 11.2 Å². The minimum Gasteiger partial charge on any atom is -0.441 e. The van der Waals surface area contributed by atoms with Gasteiger partial charge in [0.15, 0.2) is 11.7 Å². The second-order valence-electron chi connectivity index (χ2n) is 5.52. The quantitative estimate of drug-likeness (QED) is 0.848. The lowest BCUT2D eigenvalue weighted by Crippen LogP contribution is -2.25. The third kappa shape index (κ3) is 5.06. The van der Waals surface area contributed by atoms with E-state index in [9.17, 15) is 4.79 Å². The van der Waals surface area contributed by atoms with Crippen molar-refractivity contribution in [2.24, 2.45) is 5.92 Å². The van der Waals surface area contributed by atoms with Crippen molar-refractivity contribution in [1.29, 1.82) is 0 Å². The summed E-state index contributed by atoms with van der Waals surface area (Å²) in [5.41, 5.74) is 0.998. The molecule has 0 bridgehead atoms. The van der Waals surface area contributed by atoms with Gasteiger partial charge in [-0.05, 0) is 12.3 Å². The van der Waals surface area contributed by atoms with Crippen molar-refractivity contribution in [3.63, 3.8) is 0 Å². The van der Waals surface area contributed by atoms with Gasteiger partial charge in [0.25, 0.3) is 0 Å². The number of carbonyl (C=O) groups is 1. The highest BCUT2D eigenvalue weighted by atomic mass is 16.4. The molecule has 1 N–H and O–H groups in total. The topological polar surface area (TPSA) is 55.1 Å². The van der Waals surface area contributed by atoms with Crippen LogP contribution in [0, 0.1) is 5.92 Å². The molecule has 0 saturated carbocycles. The van der Waals surface area contributed by atoms with Crippen molar-refractivity contribution < 1.29 is 9.21 Å². The summed E-state index contributed by atoms with van der Waals surface area (Å²) in [6, 6.07) is 9.83. The summed E-state index contributed by atoms with van der Waals surface area (Å²) in [6.07, 6.45) is 3.65. The Bertz CT molecular complexity index is 561. The number of aryl methyl sites for hydroxylation is 1. The molecule has 0 atom stereocenters. The number of hydrogen-bond acceptors (Lipinski definition) is 3. The van der Waals surface area contributed by atoms with Crippen LogP contribution in [0.25, 0.3) is 11.3 Å². The third-order valence-electron chi connectivity index (χ3n) is 3.22. The predicted molar refractivity (Wildman–Crippen MR) is 82.7 cm³/mol. The highest BCUT2D eigenvalue weighted by Gasteiger charge is 2.08. The second-order valence-corrected chi connectivity index (χ2v) is 5.52. The lowest BCUT2D eigenvalue weighted by molar-refractivity contribution is -0.121. The highest BCUT2D eigenvalue weighted by molar-refractivity contribution is 5.76. The molecular formula is C17H22N2O2. The molecule has 0 spiro atoms. The van der Waals surface area contributed by atoms with Crippen LogP contribution in [0.4, 0.5) is 0 Å². The monoisotopic (exact) mass is 286 g/mol. The van der Waals surface area contributed by atoms with Gasteiger partial charge >= 0.3 is 0 Å². The first kappa shape index (κ1) is 15.3. The predicted octanol–water partition coefficient (Wildman–Crippen LogP) is 3.44. The van der Waals surface area contributed by atoms with Crippen LogP contribution in [0.3, 0.4) is 0 Å². The van der Waals surface area contributed by atoms with E-state index in [1.54, 1.807) is 6.20 Å². The van der Waals surface area contributed by atoms with E-state index < -0.39 is 0 Å². The first-order chi connectivity index (χ1) is 10.1. The molecule has 4 heteroatoms. The fraction of sp³-hybridized carbons (Fsp3) is 0.412. The van der Waals surface area contributed by atoms with Crippen LogP contribution in [0.15, 0.2) is 40.9 Å². The standard InChI is InChI=1S/C17H22N2O2/c1-13(2)10-11-18-16(20)8-9-17-19-12-15(21-17)14-6-4-3-5-7-14/h3-7,12-13H,8-11H2,1-2H3,(H,18,20). The second kappa shape index (κ2) is 7.62. The van der Waals surface area contributed by atoms with Gasteiger partial charge < -0.3 is 9.73 Å². The van der Waals surface area contributed by atoms with Crippen LogP contribution in [0.5, 0.6) is 0 Å². The summed E-state index contributed by atoms with van der Waals surface area (Å²) in [5.74, 6) is 2.00. The maximum absolute atomic E-state index is 11.7. The lowest BCUT2D eigenvalue weighted by Gasteiger charge is -2.06. The Morgan fingerprint density at radius 3 is 2.76 bits per heavy atom. The molecule has 21 heavy (non-hydrogen) atoms. The molecular weight excluding hydrogens is 264 g/mol. The zero-order chi connectivity index (χ0) is 15.1. The number of nitrogens with one attached hydrogen (secondary N) is 1. The summed E-state index contributed by atoms with van der Waals surface area (Å²) in [6.45, 7) is 5.02. The van der Waals surface area contributed by atoms with E-state index in [1.165, 1.54) is 0 Å². The van der Waals surface area contributed by atoms with Gasteiger partial charge in [-0.15, -0.1) is 0 Å². The number of benzene rings is 1. The lowest BCUT2D eigenvalue weighted by atomic mass is 10.1. The molecule has 0 fully saturated rings. The fourth-order valence-corrected chi connectivity index (χ4v) is 1.97. The summed E-state index contributed by atoms with van der Waals surface area (Å²) in [7, 11) is 0. The van der Waals surface area contributed by atoms with Gasteiger partial charge in [-0.1, -0.05) is 44.2 Å². The van der Waals surface area contributed by atoms with Crippen LogP contribution in [0.2, 0.25) is 0 Å². The first-order valence-corrected chi connectivity index (χ1v) is 7.42. The third-order valence-corrected chi connectivity index (χ3v) is 3.22. The van der Waals surface area contributed by atoms with Gasteiger partial charge in [0.2, 0.25) is 5.91 Å². The Hall–Kier alpha value is -2.10. The molecule has 2 rings (SSSR count). The van der Waals surface area contributed by atoms with Gasteiger partial charge in [0.1, 0.15) is 0 Å². The molecule has 0 aliphatic heterocycles. The molecule has 0 aliphatic rings. The van der Waals surface area contributed by atoms with Crippen LogP contribution >= 0.6 is 0 Å². The average molecular weight is 286 g/mol. The molecule has 2 aromatic rings. The SMILES string of the molecule is CC(C)CCNC(=O)CCc1ncc(-c2ccccc2)o1. The number of rotatable bonds is 7. The van der Waals surface area contributed by atoms with E-state index in [0.717, 1.165) is 24.3 Å². The van der Waals surface area contributed by atoms with E-state index >= 15 is 0 Å². The molecule has 0 unspecified atom stereocenters.